The predicted molar refractivity (Wildman–Crippen MR) is 163 cm³/mol. The van der Waals surface area contributed by atoms with Gasteiger partial charge in [-0.15, -0.1) is 0 Å². The van der Waals surface area contributed by atoms with E-state index in [1.165, 1.54) is 37.4 Å². The lowest BCUT2D eigenvalue weighted by molar-refractivity contribution is -0.118. The highest BCUT2D eigenvalue weighted by atomic mass is 35.5. The summed E-state index contributed by atoms with van der Waals surface area (Å²) >= 11 is 12.3. The smallest absolute Gasteiger partial charge is 0.340 e. The lowest BCUT2D eigenvalue weighted by Gasteiger charge is -2.37. The fourth-order valence-electron chi connectivity index (χ4n) is 7.04. The second-order valence-electron chi connectivity index (χ2n) is 12.4. The first-order valence-electron chi connectivity index (χ1n) is 14.0. The zero-order chi connectivity index (χ0) is 33.1. The van der Waals surface area contributed by atoms with Crippen molar-refractivity contribution in [2.45, 2.75) is 50.1 Å². The Morgan fingerprint density at radius 2 is 1.78 bits per heavy atom. The average molecular weight is 661 g/mol. The molecule has 1 aliphatic carbocycles. The zero-order valence-corrected chi connectivity index (χ0v) is 26.5. The number of rotatable bonds is 6. The number of hydrogen-bond acceptors (Lipinski definition) is 6. The minimum Gasteiger partial charge on any atom is -0.495 e. The van der Waals surface area contributed by atoms with Gasteiger partial charge in [0.05, 0.1) is 42.6 Å². The average Bonchev–Trinajstić information content (AvgIpc) is 3.66. The molecule has 5 atom stereocenters. The summed E-state index contributed by atoms with van der Waals surface area (Å²) in [5.41, 5.74) is -4.14. The molecular weight excluding hydrogens is 630 g/mol. The second-order valence-corrected chi connectivity index (χ2v) is 13.2. The maximum absolute atomic E-state index is 16.0. The fraction of sp³-hybridized carbons (Fsp3) is 0.364. The molecule has 1 amide bonds. The van der Waals surface area contributed by atoms with Gasteiger partial charge in [0.1, 0.15) is 28.6 Å². The number of esters is 1. The third-order valence-corrected chi connectivity index (χ3v) is 9.53. The van der Waals surface area contributed by atoms with Crippen LogP contribution in [0.3, 0.4) is 0 Å². The summed E-state index contributed by atoms with van der Waals surface area (Å²) in [5, 5.41) is 16.9. The van der Waals surface area contributed by atoms with Crippen molar-refractivity contribution < 1.29 is 32.2 Å². The molecule has 3 aromatic carbocycles. The number of halogens is 5. The second kappa shape index (κ2) is 11.5. The fourth-order valence-corrected chi connectivity index (χ4v) is 7.38. The minimum atomic E-state index is -1.84. The van der Waals surface area contributed by atoms with Crippen LogP contribution in [0.1, 0.15) is 54.6 Å². The summed E-state index contributed by atoms with van der Waals surface area (Å²) in [6, 6.07) is 11.1. The van der Waals surface area contributed by atoms with Gasteiger partial charge >= 0.3 is 5.97 Å². The molecule has 5 rings (SSSR count). The third-order valence-electron chi connectivity index (χ3n) is 9.01. The Kier molecular flexibility index (Phi) is 8.36. The van der Waals surface area contributed by atoms with Crippen molar-refractivity contribution in [3.63, 3.8) is 0 Å². The van der Waals surface area contributed by atoms with Gasteiger partial charge in [-0.25, -0.2) is 18.0 Å². The molecule has 1 saturated carbocycles. The van der Waals surface area contributed by atoms with E-state index in [1.54, 1.807) is 0 Å². The summed E-state index contributed by atoms with van der Waals surface area (Å²) in [5.74, 6) is -6.02. The number of ether oxygens (including phenoxy) is 2. The van der Waals surface area contributed by atoms with Crippen LogP contribution >= 0.6 is 23.2 Å². The van der Waals surface area contributed by atoms with Crippen molar-refractivity contribution in [2.75, 3.05) is 19.5 Å². The van der Waals surface area contributed by atoms with Crippen molar-refractivity contribution in [3.05, 3.63) is 92.7 Å². The first-order chi connectivity index (χ1) is 21.2. The molecule has 1 unspecified atom stereocenters. The van der Waals surface area contributed by atoms with Crippen LogP contribution < -0.4 is 15.4 Å². The normalized spacial score (nSPS) is 25.5. The molecule has 0 radical (unpaired) electrons. The van der Waals surface area contributed by atoms with E-state index in [0.29, 0.717) is 6.42 Å². The van der Waals surface area contributed by atoms with E-state index < -0.39 is 63.2 Å². The molecule has 2 N–H and O–H groups in total. The largest absolute Gasteiger partial charge is 0.495 e. The summed E-state index contributed by atoms with van der Waals surface area (Å²) in [6.45, 7) is 5.90. The number of benzene rings is 3. The number of carbonyl (C=O) groups excluding carboxylic acids is 2. The number of methoxy groups -OCH3 is 2. The topological polar surface area (TPSA) is 100 Å². The van der Waals surface area contributed by atoms with Gasteiger partial charge in [-0.1, -0.05) is 62.2 Å². The molecule has 45 heavy (non-hydrogen) atoms. The number of anilines is 1. The summed E-state index contributed by atoms with van der Waals surface area (Å²) in [7, 11) is 2.35. The minimum absolute atomic E-state index is 0.0561. The maximum Gasteiger partial charge on any atom is 0.340 e. The molecule has 2 aliphatic rings. The lowest BCUT2D eigenvalue weighted by atomic mass is 9.62. The first-order valence-corrected chi connectivity index (χ1v) is 14.8. The highest BCUT2D eigenvalue weighted by molar-refractivity contribution is 6.31. The first kappa shape index (κ1) is 32.6. The van der Waals surface area contributed by atoms with Crippen LogP contribution in [0.15, 0.2) is 48.5 Å². The number of nitriles is 1. The third kappa shape index (κ3) is 5.11. The van der Waals surface area contributed by atoms with Gasteiger partial charge in [-0.2, -0.15) is 5.26 Å². The Labute approximate surface area is 268 Å². The molecule has 2 fully saturated rings. The lowest BCUT2D eigenvalue weighted by Crippen LogP contribution is -2.48. The van der Waals surface area contributed by atoms with Crippen LogP contribution in [0.25, 0.3) is 0 Å². The maximum atomic E-state index is 16.0. The van der Waals surface area contributed by atoms with Gasteiger partial charge in [0.2, 0.25) is 5.91 Å². The Hall–Kier alpha value is -3.78. The van der Waals surface area contributed by atoms with Gasteiger partial charge in [0.15, 0.2) is 0 Å². The Bertz CT molecular complexity index is 1760. The van der Waals surface area contributed by atoms with E-state index in [9.17, 15) is 19.2 Å². The number of nitrogens with one attached hydrogen (secondary N) is 2. The molecule has 1 aliphatic heterocycles. The van der Waals surface area contributed by atoms with E-state index in [2.05, 4.69) is 21.4 Å². The van der Waals surface area contributed by atoms with E-state index in [4.69, 9.17) is 27.9 Å². The SMILES string of the molecule is COC(=O)c1cc(OC)c(NC(=O)[C@@H]2NC3(C[C@H]3C(C)(C)C)[C@](C#N)(c3ccc(Cl)cc3F)[C@H]2c2cccc(Cl)c2F)cc1F. The van der Waals surface area contributed by atoms with Crippen molar-refractivity contribution >= 4 is 40.8 Å². The van der Waals surface area contributed by atoms with E-state index in [1.807, 2.05) is 20.8 Å². The van der Waals surface area contributed by atoms with Gasteiger partial charge < -0.3 is 14.8 Å². The van der Waals surface area contributed by atoms with Gasteiger partial charge in [0.25, 0.3) is 0 Å². The summed E-state index contributed by atoms with van der Waals surface area (Å²) < 4.78 is 56.9. The van der Waals surface area contributed by atoms with Crippen LogP contribution in [-0.4, -0.2) is 37.7 Å². The molecule has 3 aromatic rings. The molecule has 1 saturated heterocycles. The molecule has 1 heterocycles. The van der Waals surface area contributed by atoms with Crippen LogP contribution in [0, 0.1) is 40.1 Å². The van der Waals surface area contributed by atoms with E-state index in [0.717, 1.165) is 25.3 Å². The summed E-state index contributed by atoms with van der Waals surface area (Å²) in [6.07, 6.45) is 0.361. The van der Waals surface area contributed by atoms with Gasteiger partial charge in [-0.3, -0.25) is 10.1 Å². The monoisotopic (exact) mass is 659 g/mol. The van der Waals surface area contributed by atoms with Crippen LogP contribution in [0.2, 0.25) is 10.0 Å². The van der Waals surface area contributed by atoms with Crippen molar-refractivity contribution in [1.29, 1.82) is 5.26 Å². The van der Waals surface area contributed by atoms with E-state index in [-0.39, 0.29) is 38.5 Å². The molecule has 0 aromatic heterocycles. The van der Waals surface area contributed by atoms with Crippen LogP contribution in [0.5, 0.6) is 5.75 Å². The van der Waals surface area contributed by atoms with Crippen molar-refractivity contribution in [3.8, 4) is 11.8 Å². The molecular formula is C33H30Cl2F3N3O4. The van der Waals surface area contributed by atoms with Gasteiger partial charge in [0, 0.05) is 28.1 Å². The van der Waals surface area contributed by atoms with Crippen molar-refractivity contribution in [2.24, 2.45) is 11.3 Å². The number of hydrogen-bond donors (Lipinski definition) is 2. The van der Waals surface area contributed by atoms with Crippen LogP contribution in [-0.2, 0) is 14.9 Å². The van der Waals surface area contributed by atoms with Crippen molar-refractivity contribution in [1.82, 2.24) is 5.32 Å². The molecule has 236 valence electrons. The highest BCUT2D eigenvalue weighted by Crippen LogP contribution is 2.70. The van der Waals surface area contributed by atoms with Crippen LogP contribution in [0.4, 0.5) is 18.9 Å². The Morgan fingerprint density at radius 3 is 2.36 bits per heavy atom. The quantitative estimate of drug-likeness (QED) is 0.272. The van der Waals surface area contributed by atoms with E-state index >= 15 is 8.78 Å². The standard InChI is InChI=1S/C33H30Cl2F3N3O4/c1-31(2,3)25-14-33(25)32(15-39,19-10-9-16(34)11-22(19)37)26(17-7-6-8-20(35)27(17)38)28(41-33)29(42)40-23-13-21(36)18(30(43)45-5)12-24(23)44-4/h6-13,25-26,28,41H,14H2,1-5H3,(H,40,42)/t25-,26-,28+,32+,33?/m0/s1. The molecule has 0 bridgehead atoms. The highest BCUT2D eigenvalue weighted by Gasteiger charge is 2.79. The predicted octanol–water partition coefficient (Wildman–Crippen LogP) is 7.17. The summed E-state index contributed by atoms with van der Waals surface area (Å²) in [4.78, 5) is 26.3. The molecule has 1 spiro atoms. The Balaban J connectivity index is 1.73. The number of nitrogens with zero attached hydrogens (tertiary/aromatic N) is 1. The molecule has 7 nitrogen and oxygen atoms in total. The zero-order valence-electron chi connectivity index (χ0n) is 25.0. The Morgan fingerprint density at radius 1 is 1.07 bits per heavy atom. The number of carbonyl (C=O) groups is 2. The number of amides is 1. The van der Waals surface area contributed by atoms with Gasteiger partial charge in [-0.05, 0) is 47.6 Å². The molecule has 12 heteroatoms.